The summed E-state index contributed by atoms with van der Waals surface area (Å²) >= 11 is 0. The van der Waals surface area contributed by atoms with Crippen LogP contribution in [0.3, 0.4) is 0 Å². The van der Waals surface area contributed by atoms with Crippen LogP contribution < -0.4 is 10.6 Å². The van der Waals surface area contributed by atoms with Crippen LogP contribution in [0, 0.1) is 17.3 Å². The molecule has 32 heavy (non-hydrogen) atoms. The minimum absolute atomic E-state index is 0.0482. The molecule has 5 atom stereocenters. The van der Waals surface area contributed by atoms with E-state index < -0.39 is 52.5 Å². The van der Waals surface area contributed by atoms with Gasteiger partial charge in [-0.25, -0.2) is 9.59 Å². The fourth-order valence-electron chi connectivity index (χ4n) is 4.10. The van der Waals surface area contributed by atoms with Crippen LogP contribution in [0.15, 0.2) is 12.7 Å². The van der Waals surface area contributed by atoms with Gasteiger partial charge in [0, 0.05) is 12.5 Å². The minimum Gasteiger partial charge on any atom is -0.479 e. The minimum atomic E-state index is -1.36. The van der Waals surface area contributed by atoms with Gasteiger partial charge in [0.15, 0.2) is 0 Å². The molecule has 0 aromatic heterocycles. The highest BCUT2D eigenvalue weighted by Gasteiger charge is 2.61. The Morgan fingerprint density at radius 2 is 1.78 bits per heavy atom. The van der Waals surface area contributed by atoms with E-state index in [0.717, 1.165) is 0 Å². The first-order chi connectivity index (χ1) is 14.5. The lowest BCUT2D eigenvalue weighted by Gasteiger charge is -2.36. The molecule has 9 nitrogen and oxygen atoms in total. The van der Waals surface area contributed by atoms with Crippen LogP contribution in [0.1, 0.15) is 61.3 Å². The number of aliphatic carboxylic acids is 1. The zero-order valence-electron chi connectivity index (χ0n) is 20.2. The number of rotatable bonds is 6. The Kier molecular flexibility index (Phi) is 7.02. The molecule has 9 heteroatoms. The van der Waals surface area contributed by atoms with Crippen molar-refractivity contribution < 1.29 is 29.0 Å². The second-order valence-corrected chi connectivity index (χ2v) is 11.1. The predicted octanol–water partition coefficient (Wildman–Crippen LogP) is 2.31. The van der Waals surface area contributed by atoms with E-state index >= 15 is 0 Å². The summed E-state index contributed by atoms with van der Waals surface area (Å²) < 4.78 is 5.32. The molecule has 0 bridgehead atoms. The van der Waals surface area contributed by atoms with Crippen molar-refractivity contribution in [1.82, 2.24) is 15.5 Å². The maximum atomic E-state index is 13.5. The molecule has 0 spiro atoms. The van der Waals surface area contributed by atoms with Gasteiger partial charge in [-0.15, -0.1) is 6.58 Å². The summed E-state index contributed by atoms with van der Waals surface area (Å²) in [5.41, 5.74) is -2.73. The molecule has 2 fully saturated rings. The molecule has 0 radical (unpaired) electrons. The van der Waals surface area contributed by atoms with Crippen molar-refractivity contribution in [2.75, 3.05) is 6.54 Å². The molecule has 3 amide bonds. The third-order valence-electron chi connectivity index (χ3n) is 5.90. The molecule has 0 aromatic rings. The van der Waals surface area contributed by atoms with Gasteiger partial charge in [0.2, 0.25) is 11.8 Å². The van der Waals surface area contributed by atoms with Gasteiger partial charge < -0.3 is 25.4 Å². The van der Waals surface area contributed by atoms with Crippen LogP contribution in [0.2, 0.25) is 0 Å². The van der Waals surface area contributed by atoms with Gasteiger partial charge in [-0.05, 0) is 44.9 Å². The number of alkyl carbamates (subject to hydrolysis) is 1. The van der Waals surface area contributed by atoms with Crippen LogP contribution in [0.4, 0.5) is 4.79 Å². The molecular formula is C23H37N3O6. The Hall–Kier alpha value is -2.58. The van der Waals surface area contributed by atoms with Gasteiger partial charge in [-0.1, -0.05) is 33.8 Å². The van der Waals surface area contributed by atoms with Crippen molar-refractivity contribution in [2.45, 2.75) is 84.5 Å². The van der Waals surface area contributed by atoms with E-state index in [1.54, 1.807) is 20.8 Å². The second kappa shape index (κ2) is 8.75. The van der Waals surface area contributed by atoms with E-state index in [2.05, 4.69) is 17.2 Å². The highest BCUT2D eigenvalue weighted by atomic mass is 16.6. The smallest absolute Gasteiger partial charge is 0.408 e. The van der Waals surface area contributed by atoms with Crippen LogP contribution in [0.5, 0.6) is 0 Å². The highest BCUT2D eigenvalue weighted by Crippen LogP contribution is 2.45. The summed E-state index contributed by atoms with van der Waals surface area (Å²) in [6.45, 7) is 16.6. The largest absolute Gasteiger partial charge is 0.479 e. The first kappa shape index (κ1) is 25.7. The third-order valence-corrected chi connectivity index (χ3v) is 5.90. The van der Waals surface area contributed by atoms with E-state index in [4.69, 9.17) is 4.74 Å². The van der Waals surface area contributed by atoms with Gasteiger partial charge in [0.1, 0.15) is 23.2 Å². The first-order valence-corrected chi connectivity index (χ1v) is 11.0. The lowest BCUT2D eigenvalue weighted by Crippen LogP contribution is -2.59. The lowest BCUT2D eigenvalue weighted by molar-refractivity contribution is -0.146. The molecule has 1 saturated carbocycles. The summed E-state index contributed by atoms with van der Waals surface area (Å²) in [5.74, 6) is -2.30. The van der Waals surface area contributed by atoms with E-state index in [9.17, 15) is 24.3 Å². The Labute approximate surface area is 189 Å². The summed E-state index contributed by atoms with van der Waals surface area (Å²) in [5, 5.41) is 14.9. The highest BCUT2D eigenvalue weighted by molar-refractivity contribution is 5.96. The van der Waals surface area contributed by atoms with Gasteiger partial charge in [0.25, 0.3) is 0 Å². The number of nitrogens with zero attached hydrogens (tertiary/aromatic N) is 1. The van der Waals surface area contributed by atoms with Crippen molar-refractivity contribution in [1.29, 1.82) is 0 Å². The van der Waals surface area contributed by atoms with Crippen molar-refractivity contribution in [3.8, 4) is 0 Å². The molecule has 3 N–H and O–H groups in total. The predicted molar refractivity (Wildman–Crippen MR) is 119 cm³/mol. The quantitative estimate of drug-likeness (QED) is 0.532. The fourth-order valence-corrected chi connectivity index (χ4v) is 4.10. The molecule has 1 saturated heterocycles. The van der Waals surface area contributed by atoms with Gasteiger partial charge in [-0.2, -0.15) is 0 Å². The number of carboxylic acid groups (broad SMARTS) is 1. The summed E-state index contributed by atoms with van der Waals surface area (Å²) in [7, 11) is 0. The lowest BCUT2D eigenvalue weighted by atomic mass is 9.85. The monoisotopic (exact) mass is 451 g/mol. The van der Waals surface area contributed by atoms with E-state index in [1.165, 1.54) is 11.0 Å². The number of likely N-dealkylation sites (tertiary alicyclic amines) is 1. The number of carbonyl (C=O) groups is 4. The van der Waals surface area contributed by atoms with Crippen molar-refractivity contribution in [2.24, 2.45) is 17.3 Å². The average molecular weight is 452 g/mol. The van der Waals surface area contributed by atoms with Crippen LogP contribution in [-0.2, 0) is 19.1 Å². The molecular weight excluding hydrogens is 414 g/mol. The Morgan fingerprint density at radius 1 is 1.19 bits per heavy atom. The van der Waals surface area contributed by atoms with Gasteiger partial charge >= 0.3 is 12.1 Å². The van der Waals surface area contributed by atoms with E-state index in [-0.39, 0.29) is 18.3 Å². The molecule has 1 aliphatic carbocycles. The SMILES string of the molecule is C=C[C@@H]1C[C@]1(NC(=O)[C@@H]1C[C@@H](C)CN1C(=O)[C@@H](NC(=O)OC(C)(C)C)C(C)(C)C)C(=O)O. The van der Waals surface area contributed by atoms with Gasteiger partial charge in [0.05, 0.1) is 0 Å². The number of carboxylic acids is 1. The molecule has 1 heterocycles. The van der Waals surface area contributed by atoms with Crippen molar-refractivity contribution in [3.63, 3.8) is 0 Å². The molecule has 0 aromatic carbocycles. The number of hydrogen-bond donors (Lipinski definition) is 3. The molecule has 1 aliphatic heterocycles. The number of amides is 3. The second-order valence-electron chi connectivity index (χ2n) is 11.1. The normalized spacial score (nSPS) is 28.5. The van der Waals surface area contributed by atoms with Crippen LogP contribution in [-0.4, -0.2) is 63.7 Å². The van der Waals surface area contributed by atoms with Crippen molar-refractivity contribution >= 4 is 23.9 Å². The molecule has 0 unspecified atom stereocenters. The Bertz CT molecular complexity index is 797. The Balaban J connectivity index is 2.22. The molecule has 2 aliphatic rings. The maximum absolute atomic E-state index is 13.5. The Morgan fingerprint density at radius 3 is 2.22 bits per heavy atom. The zero-order valence-corrected chi connectivity index (χ0v) is 20.2. The number of hydrogen-bond acceptors (Lipinski definition) is 5. The standard InChI is InChI=1S/C23H37N3O6/c1-9-14-11-23(14,19(29)30)25-17(27)15-10-13(2)12-26(15)18(28)16(21(3,4)5)24-20(31)32-22(6,7)8/h9,13-16H,1,10-12H2,2-8H3,(H,24,31)(H,25,27)(H,29,30)/t13-,14-,15+,16-,23-/m1/s1. The fraction of sp³-hybridized carbons (Fsp3) is 0.739. The van der Waals surface area contributed by atoms with Gasteiger partial charge in [-0.3, -0.25) is 9.59 Å². The number of carbonyl (C=O) groups excluding carboxylic acids is 3. The van der Waals surface area contributed by atoms with E-state index in [0.29, 0.717) is 13.0 Å². The van der Waals surface area contributed by atoms with Crippen LogP contribution >= 0.6 is 0 Å². The molecule has 180 valence electrons. The summed E-state index contributed by atoms with van der Waals surface area (Å²) in [6.07, 6.45) is 1.50. The van der Waals surface area contributed by atoms with E-state index in [1.807, 2.05) is 27.7 Å². The summed E-state index contributed by atoms with van der Waals surface area (Å²) in [6, 6.07) is -1.74. The zero-order chi connectivity index (χ0) is 24.6. The van der Waals surface area contributed by atoms with Crippen LogP contribution in [0.25, 0.3) is 0 Å². The number of ether oxygens (including phenoxy) is 1. The molecule has 2 rings (SSSR count). The number of nitrogens with one attached hydrogen (secondary N) is 2. The van der Waals surface area contributed by atoms with Crippen molar-refractivity contribution in [3.05, 3.63) is 12.7 Å². The maximum Gasteiger partial charge on any atom is 0.408 e. The average Bonchev–Trinajstić information content (AvgIpc) is 3.20. The summed E-state index contributed by atoms with van der Waals surface area (Å²) in [4.78, 5) is 52.2. The topological polar surface area (TPSA) is 125 Å². The third kappa shape index (κ3) is 5.61. The first-order valence-electron chi connectivity index (χ1n) is 11.0.